The fourth-order valence-electron chi connectivity index (χ4n) is 3.62. The van der Waals surface area contributed by atoms with E-state index in [9.17, 15) is 31.1 Å². The molecule has 3 aromatic rings. The van der Waals surface area contributed by atoms with Gasteiger partial charge in [-0.15, -0.1) is 0 Å². The molecule has 4 rings (SSSR count). The molecule has 0 spiro atoms. The molecule has 3 N–H and O–H groups in total. The smallest absolute Gasteiger partial charge is 0.416 e. The molecule has 0 saturated carbocycles. The number of hydrogen-bond donors (Lipinski definition) is 2. The van der Waals surface area contributed by atoms with Gasteiger partial charge < -0.3 is 25.6 Å². The zero-order valence-electron chi connectivity index (χ0n) is 19.4. The number of urea groups is 1. The number of piperazine rings is 1. The Morgan fingerprint density at radius 1 is 0.921 bits per heavy atom. The van der Waals surface area contributed by atoms with E-state index >= 15 is 0 Å². The fourth-order valence-corrected chi connectivity index (χ4v) is 3.62. The largest absolute Gasteiger partial charge is 0.469 e. The molecule has 38 heavy (non-hydrogen) atoms. The first-order valence-corrected chi connectivity index (χ1v) is 11.0. The van der Waals surface area contributed by atoms with E-state index in [0.29, 0.717) is 23.6 Å². The third-order valence-electron chi connectivity index (χ3n) is 5.44. The third kappa shape index (κ3) is 6.49. The van der Waals surface area contributed by atoms with E-state index in [4.69, 9.17) is 10.5 Å². The predicted molar refractivity (Wildman–Crippen MR) is 122 cm³/mol. The van der Waals surface area contributed by atoms with Crippen LogP contribution in [0, 0.1) is 0 Å². The van der Waals surface area contributed by atoms with Gasteiger partial charge in [-0.1, -0.05) is 0 Å². The lowest BCUT2D eigenvalue weighted by Gasteiger charge is -2.35. The minimum absolute atomic E-state index is 0.00529. The maximum atomic E-state index is 13.1. The number of amides is 2. The SMILES string of the molecule is Nc1nccc(COc2nccnc2N2CCN(C(=O)Nc3cc(C(F)(F)F)cc(C(F)(F)F)c3)CC2)n1. The van der Waals surface area contributed by atoms with Crippen LogP contribution in [-0.4, -0.2) is 57.0 Å². The molecule has 1 aromatic carbocycles. The number of carbonyl (C=O) groups excluding carboxylic acids is 1. The van der Waals surface area contributed by atoms with Crippen molar-refractivity contribution in [2.24, 2.45) is 0 Å². The van der Waals surface area contributed by atoms with Crippen molar-refractivity contribution in [2.45, 2.75) is 19.0 Å². The summed E-state index contributed by atoms with van der Waals surface area (Å²) in [4.78, 5) is 32.0. The van der Waals surface area contributed by atoms with Crippen molar-refractivity contribution < 1.29 is 35.9 Å². The van der Waals surface area contributed by atoms with Gasteiger partial charge in [-0.05, 0) is 24.3 Å². The van der Waals surface area contributed by atoms with Crippen molar-refractivity contribution >= 4 is 23.5 Å². The molecule has 0 radical (unpaired) electrons. The Morgan fingerprint density at radius 2 is 1.55 bits per heavy atom. The summed E-state index contributed by atoms with van der Waals surface area (Å²) < 4.78 is 84.4. The van der Waals surface area contributed by atoms with Gasteiger partial charge in [-0.2, -0.15) is 26.3 Å². The maximum Gasteiger partial charge on any atom is 0.416 e. The highest BCUT2D eigenvalue weighted by Crippen LogP contribution is 2.37. The number of alkyl halides is 6. The molecule has 0 bridgehead atoms. The maximum absolute atomic E-state index is 13.1. The van der Waals surface area contributed by atoms with E-state index in [1.807, 2.05) is 0 Å². The number of aromatic nitrogens is 4. The number of rotatable bonds is 5. The number of carbonyl (C=O) groups is 1. The lowest BCUT2D eigenvalue weighted by molar-refractivity contribution is -0.143. The van der Waals surface area contributed by atoms with Crippen molar-refractivity contribution in [3.8, 4) is 5.88 Å². The van der Waals surface area contributed by atoms with Crippen LogP contribution < -0.4 is 20.7 Å². The molecule has 2 amide bonds. The Hall–Kier alpha value is -4.37. The zero-order chi connectivity index (χ0) is 27.5. The van der Waals surface area contributed by atoms with Crippen molar-refractivity contribution in [3.63, 3.8) is 0 Å². The number of hydrogen-bond acceptors (Lipinski definition) is 8. The van der Waals surface area contributed by atoms with Crippen LogP contribution in [0.4, 0.5) is 48.6 Å². The topological polar surface area (TPSA) is 122 Å². The molecule has 202 valence electrons. The highest BCUT2D eigenvalue weighted by Gasteiger charge is 2.37. The highest BCUT2D eigenvalue weighted by molar-refractivity contribution is 5.89. The van der Waals surface area contributed by atoms with Gasteiger partial charge in [0.1, 0.15) is 6.61 Å². The highest BCUT2D eigenvalue weighted by atomic mass is 19.4. The van der Waals surface area contributed by atoms with E-state index in [2.05, 4.69) is 25.3 Å². The van der Waals surface area contributed by atoms with E-state index in [1.165, 1.54) is 23.5 Å². The van der Waals surface area contributed by atoms with Gasteiger partial charge in [0.25, 0.3) is 5.88 Å². The molecule has 0 atom stereocenters. The van der Waals surface area contributed by atoms with Gasteiger partial charge in [0.15, 0.2) is 5.82 Å². The minimum atomic E-state index is -5.02. The minimum Gasteiger partial charge on any atom is -0.469 e. The second-order valence-corrected chi connectivity index (χ2v) is 8.08. The summed E-state index contributed by atoms with van der Waals surface area (Å²) in [5.74, 6) is 0.674. The van der Waals surface area contributed by atoms with Crippen LogP contribution in [0.2, 0.25) is 0 Å². The number of ether oxygens (including phenoxy) is 1. The number of nitrogens with one attached hydrogen (secondary N) is 1. The van der Waals surface area contributed by atoms with E-state index < -0.39 is 35.2 Å². The quantitative estimate of drug-likeness (QED) is 0.467. The molecule has 10 nitrogen and oxygen atoms in total. The molecule has 2 aromatic heterocycles. The molecular weight excluding hydrogens is 522 g/mol. The van der Waals surface area contributed by atoms with E-state index in [0.717, 1.165) is 0 Å². The second-order valence-electron chi connectivity index (χ2n) is 8.08. The Kier molecular flexibility index (Phi) is 7.41. The van der Waals surface area contributed by atoms with Crippen LogP contribution in [-0.2, 0) is 19.0 Å². The molecule has 1 fully saturated rings. The van der Waals surface area contributed by atoms with Gasteiger partial charge in [0.05, 0.1) is 16.8 Å². The second kappa shape index (κ2) is 10.5. The van der Waals surface area contributed by atoms with Gasteiger partial charge in [0, 0.05) is 50.5 Å². The van der Waals surface area contributed by atoms with Crippen LogP contribution in [0.5, 0.6) is 5.88 Å². The summed E-state index contributed by atoms with van der Waals surface area (Å²) in [6, 6.07) is 1.69. The number of nitrogens with zero attached hydrogens (tertiary/aromatic N) is 6. The van der Waals surface area contributed by atoms with Crippen LogP contribution >= 0.6 is 0 Å². The first kappa shape index (κ1) is 26.7. The lowest BCUT2D eigenvalue weighted by atomic mass is 10.1. The number of halogens is 6. The van der Waals surface area contributed by atoms with Crippen molar-refractivity contribution in [1.82, 2.24) is 24.8 Å². The molecule has 0 unspecified atom stereocenters. The third-order valence-corrected chi connectivity index (χ3v) is 5.44. The zero-order valence-corrected chi connectivity index (χ0v) is 19.4. The van der Waals surface area contributed by atoms with Crippen molar-refractivity contribution in [1.29, 1.82) is 0 Å². The Morgan fingerprint density at radius 3 is 2.16 bits per heavy atom. The van der Waals surface area contributed by atoms with Crippen molar-refractivity contribution in [2.75, 3.05) is 42.1 Å². The van der Waals surface area contributed by atoms with E-state index in [-0.39, 0.29) is 50.7 Å². The molecule has 1 aliphatic rings. The van der Waals surface area contributed by atoms with Gasteiger partial charge in [-0.25, -0.2) is 24.7 Å². The summed E-state index contributed by atoms with van der Waals surface area (Å²) in [6.45, 7) is 0.751. The van der Waals surface area contributed by atoms with Gasteiger partial charge in [0.2, 0.25) is 5.95 Å². The Labute approximate surface area is 211 Å². The number of nitrogens with two attached hydrogens (primary N) is 1. The van der Waals surface area contributed by atoms with Gasteiger partial charge >= 0.3 is 18.4 Å². The number of anilines is 3. The summed E-state index contributed by atoms with van der Waals surface area (Å²) in [6.07, 6.45) is -5.69. The number of nitrogen functional groups attached to an aromatic ring is 1. The predicted octanol–water partition coefficient (Wildman–Crippen LogP) is 3.82. The summed E-state index contributed by atoms with van der Waals surface area (Å²) >= 11 is 0. The summed E-state index contributed by atoms with van der Waals surface area (Å²) in [5, 5.41) is 2.14. The molecule has 3 heterocycles. The molecule has 0 aliphatic carbocycles. The fraction of sp³-hybridized carbons (Fsp3) is 0.318. The van der Waals surface area contributed by atoms with Crippen LogP contribution in [0.25, 0.3) is 0 Å². The summed E-state index contributed by atoms with van der Waals surface area (Å²) in [5.41, 5.74) is 2.42. The molecular formula is C22H20F6N8O2. The van der Waals surface area contributed by atoms with Crippen LogP contribution in [0.15, 0.2) is 42.9 Å². The molecule has 1 saturated heterocycles. The first-order valence-electron chi connectivity index (χ1n) is 11.0. The van der Waals surface area contributed by atoms with E-state index in [1.54, 1.807) is 11.0 Å². The average Bonchev–Trinajstić information content (AvgIpc) is 2.86. The summed E-state index contributed by atoms with van der Waals surface area (Å²) in [7, 11) is 0. The average molecular weight is 542 g/mol. The lowest BCUT2D eigenvalue weighted by Crippen LogP contribution is -2.50. The Bertz CT molecular complexity index is 1260. The van der Waals surface area contributed by atoms with Crippen LogP contribution in [0.3, 0.4) is 0 Å². The standard InChI is InChI=1S/C22H20F6N8O2/c23-21(24,25)13-9-14(22(26,27)28)11-16(10-13)34-20(37)36-7-5-35(6-8-36)17-18(31-4-3-30-17)38-12-15-1-2-32-19(29)33-15/h1-4,9-11H,5-8,12H2,(H,34,37)(H2,29,32,33). The van der Waals surface area contributed by atoms with Crippen molar-refractivity contribution in [3.05, 3.63) is 59.7 Å². The first-order chi connectivity index (χ1) is 17.9. The normalized spacial score (nSPS) is 14.4. The number of benzene rings is 1. The molecule has 16 heteroatoms. The monoisotopic (exact) mass is 542 g/mol. The van der Waals surface area contributed by atoms with Gasteiger partial charge in [-0.3, -0.25) is 0 Å². The molecule has 1 aliphatic heterocycles. The Balaban J connectivity index is 1.40. The van der Waals surface area contributed by atoms with Crippen LogP contribution in [0.1, 0.15) is 16.8 Å².